The second-order valence-electron chi connectivity index (χ2n) is 5.08. The van der Waals surface area contributed by atoms with Crippen LogP contribution in [0.2, 0.25) is 0 Å². The molecule has 0 spiro atoms. The van der Waals surface area contributed by atoms with Gasteiger partial charge < -0.3 is 26.0 Å². The average Bonchev–Trinajstić information content (AvgIpc) is 2.76. The van der Waals surface area contributed by atoms with E-state index in [1.165, 1.54) is 13.1 Å². The fourth-order valence-electron chi connectivity index (χ4n) is 2.21. The minimum Gasteiger partial charge on any atom is -0.394 e. The van der Waals surface area contributed by atoms with Crippen molar-refractivity contribution in [2.24, 2.45) is 5.73 Å². The molecule has 22 heavy (non-hydrogen) atoms. The predicted molar refractivity (Wildman–Crippen MR) is 73.9 cm³/mol. The number of H-pyrrole nitrogens is 1. The molecule has 0 radical (unpaired) electrons. The number of hydrogen-bond donors (Lipinski definition) is 5. The number of ether oxygens (including phenoxy) is 1. The van der Waals surface area contributed by atoms with E-state index in [2.05, 4.69) is 10.3 Å². The van der Waals surface area contributed by atoms with Crippen LogP contribution in [-0.2, 0) is 9.53 Å². The van der Waals surface area contributed by atoms with Gasteiger partial charge in [-0.1, -0.05) is 0 Å². The number of hydrogen-bond acceptors (Lipinski definition) is 7. The van der Waals surface area contributed by atoms with Gasteiger partial charge in [-0.25, -0.2) is 4.79 Å². The molecule has 1 saturated heterocycles. The lowest BCUT2D eigenvalue weighted by molar-refractivity contribution is -0.124. The fraction of sp³-hybridized carbons (Fsp3) is 0.583. The van der Waals surface area contributed by atoms with Gasteiger partial charge in [-0.3, -0.25) is 19.1 Å². The quantitative estimate of drug-likeness (QED) is 0.387. The van der Waals surface area contributed by atoms with E-state index < -0.39 is 54.3 Å². The second-order valence-corrected chi connectivity index (χ2v) is 5.08. The Bertz CT molecular complexity index is 654. The maximum Gasteiger partial charge on any atom is 0.330 e. The summed E-state index contributed by atoms with van der Waals surface area (Å²) in [6, 6.07) is -0.721. The highest BCUT2D eigenvalue weighted by molar-refractivity contribution is 5.81. The van der Waals surface area contributed by atoms with Crippen molar-refractivity contribution in [3.8, 4) is 0 Å². The largest absolute Gasteiger partial charge is 0.394 e. The van der Waals surface area contributed by atoms with Gasteiger partial charge in [0.15, 0.2) is 6.23 Å². The topological polar surface area (TPSA) is 160 Å². The molecule has 6 N–H and O–H groups in total. The number of aromatic amines is 1. The van der Waals surface area contributed by atoms with Crippen LogP contribution in [0.15, 0.2) is 21.9 Å². The van der Waals surface area contributed by atoms with Crippen LogP contribution in [0.25, 0.3) is 0 Å². The van der Waals surface area contributed by atoms with Gasteiger partial charge in [-0.05, 0) is 6.92 Å². The van der Waals surface area contributed by atoms with Crippen molar-refractivity contribution >= 4 is 5.91 Å². The minimum absolute atomic E-state index is 0.500. The molecule has 2 heterocycles. The Labute approximate surface area is 124 Å². The first kappa shape index (κ1) is 16.4. The molecule has 1 aliphatic rings. The molecule has 122 valence electrons. The number of nitrogens with zero attached hydrogens (tertiary/aromatic N) is 1. The Morgan fingerprint density at radius 3 is 2.82 bits per heavy atom. The van der Waals surface area contributed by atoms with E-state index in [4.69, 9.17) is 10.5 Å². The molecule has 1 amide bonds. The molecule has 0 aromatic carbocycles. The molecule has 0 bridgehead atoms. The van der Waals surface area contributed by atoms with E-state index in [1.54, 1.807) is 0 Å². The molecular weight excluding hydrogens is 296 g/mol. The number of carbonyl (C=O) groups is 1. The van der Waals surface area contributed by atoms with Crippen molar-refractivity contribution in [1.29, 1.82) is 0 Å². The molecule has 0 saturated carbocycles. The standard InChI is InChI=1S/C12H18N4O6/c1-5(13)10(20)15-8-9(19)6(4-17)22-11(8)16-3-2-7(18)14-12(16)21/h2-3,5-6,8-9,11,17,19H,4,13H2,1H3,(H,15,20)(H,14,18,21)/t5-,6+,8+,9+,11+/m0/s1. The van der Waals surface area contributed by atoms with E-state index in [1.807, 2.05) is 0 Å². The van der Waals surface area contributed by atoms with Crippen LogP contribution in [0, 0.1) is 0 Å². The van der Waals surface area contributed by atoms with Crippen molar-refractivity contribution in [1.82, 2.24) is 14.9 Å². The van der Waals surface area contributed by atoms with Crippen LogP contribution < -0.4 is 22.3 Å². The summed E-state index contributed by atoms with van der Waals surface area (Å²) in [5.74, 6) is -0.547. The van der Waals surface area contributed by atoms with E-state index in [9.17, 15) is 24.6 Å². The number of rotatable bonds is 4. The molecule has 0 aliphatic carbocycles. The van der Waals surface area contributed by atoms with Gasteiger partial charge in [-0.15, -0.1) is 0 Å². The lowest BCUT2D eigenvalue weighted by atomic mass is 10.1. The Hall–Kier alpha value is -2.01. The van der Waals surface area contributed by atoms with Gasteiger partial charge in [0, 0.05) is 12.3 Å². The van der Waals surface area contributed by atoms with E-state index in [-0.39, 0.29) is 0 Å². The van der Waals surface area contributed by atoms with Crippen LogP contribution in [-0.4, -0.2) is 56.6 Å². The number of nitrogens with one attached hydrogen (secondary N) is 2. The average molecular weight is 314 g/mol. The van der Waals surface area contributed by atoms with Gasteiger partial charge in [0.1, 0.15) is 18.2 Å². The van der Waals surface area contributed by atoms with Crippen LogP contribution in [0.3, 0.4) is 0 Å². The SMILES string of the molecule is C[C@H](N)C(=O)N[C@@H]1[C@H](O)[C@@H](CO)O[C@H]1n1ccc(=O)[nH]c1=O. The molecule has 1 aromatic heterocycles. The van der Waals surface area contributed by atoms with Crippen molar-refractivity contribution in [2.45, 2.75) is 37.4 Å². The summed E-state index contributed by atoms with van der Waals surface area (Å²) in [5.41, 5.74) is 4.11. The Balaban J connectivity index is 2.35. The molecular formula is C12H18N4O6. The lowest BCUT2D eigenvalue weighted by Gasteiger charge is -2.23. The fourth-order valence-corrected chi connectivity index (χ4v) is 2.21. The van der Waals surface area contributed by atoms with Gasteiger partial charge in [0.2, 0.25) is 5.91 Å². The molecule has 0 unspecified atom stereocenters. The highest BCUT2D eigenvalue weighted by Gasteiger charge is 2.45. The molecule has 10 heteroatoms. The molecule has 1 aliphatic heterocycles. The van der Waals surface area contributed by atoms with Crippen LogP contribution in [0.5, 0.6) is 0 Å². The smallest absolute Gasteiger partial charge is 0.330 e. The Morgan fingerprint density at radius 1 is 1.59 bits per heavy atom. The molecule has 10 nitrogen and oxygen atoms in total. The molecule has 1 fully saturated rings. The van der Waals surface area contributed by atoms with Gasteiger partial charge in [0.25, 0.3) is 5.56 Å². The number of aliphatic hydroxyl groups is 2. The van der Waals surface area contributed by atoms with Gasteiger partial charge >= 0.3 is 5.69 Å². The summed E-state index contributed by atoms with van der Waals surface area (Å²) in [4.78, 5) is 36.7. The van der Waals surface area contributed by atoms with Crippen LogP contribution >= 0.6 is 0 Å². The Morgan fingerprint density at radius 2 is 2.27 bits per heavy atom. The first-order valence-corrected chi connectivity index (χ1v) is 6.67. The minimum atomic E-state index is -1.24. The summed E-state index contributed by atoms with van der Waals surface area (Å²) in [5, 5.41) is 21.8. The zero-order valence-electron chi connectivity index (χ0n) is 11.8. The highest BCUT2D eigenvalue weighted by Crippen LogP contribution is 2.28. The summed E-state index contributed by atoms with van der Waals surface area (Å²) in [6.45, 7) is 0.961. The van der Waals surface area contributed by atoms with Crippen molar-refractivity contribution < 1.29 is 19.7 Å². The maximum absolute atomic E-state index is 11.8. The second kappa shape index (κ2) is 6.40. The lowest BCUT2D eigenvalue weighted by Crippen LogP contribution is -2.52. The number of carbonyl (C=O) groups excluding carboxylic acids is 1. The van der Waals surface area contributed by atoms with E-state index >= 15 is 0 Å². The van der Waals surface area contributed by atoms with Crippen molar-refractivity contribution in [3.05, 3.63) is 33.1 Å². The van der Waals surface area contributed by atoms with Crippen molar-refractivity contribution in [2.75, 3.05) is 6.61 Å². The summed E-state index contributed by atoms with van der Waals surface area (Å²) in [7, 11) is 0. The summed E-state index contributed by atoms with van der Waals surface area (Å²) in [6.07, 6.45) is -2.12. The monoisotopic (exact) mass is 314 g/mol. The number of aliphatic hydroxyl groups excluding tert-OH is 2. The van der Waals surface area contributed by atoms with Gasteiger partial charge in [0.05, 0.1) is 12.6 Å². The maximum atomic E-state index is 11.8. The molecule has 1 aromatic rings. The number of amides is 1. The zero-order chi connectivity index (χ0) is 16.4. The first-order chi connectivity index (χ1) is 10.3. The number of aromatic nitrogens is 2. The third-order valence-corrected chi connectivity index (χ3v) is 3.40. The third-order valence-electron chi connectivity index (χ3n) is 3.40. The van der Waals surface area contributed by atoms with Gasteiger partial charge in [-0.2, -0.15) is 0 Å². The Kier molecular flexibility index (Phi) is 4.76. The van der Waals surface area contributed by atoms with E-state index in [0.29, 0.717) is 0 Å². The van der Waals surface area contributed by atoms with Crippen molar-refractivity contribution in [3.63, 3.8) is 0 Å². The predicted octanol–water partition coefficient (Wildman–Crippen LogP) is -3.38. The third kappa shape index (κ3) is 3.09. The summed E-state index contributed by atoms with van der Waals surface area (Å²) >= 11 is 0. The zero-order valence-corrected chi connectivity index (χ0v) is 11.8. The normalized spacial score (nSPS) is 29.3. The molecule has 5 atom stereocenters. The summed E-state index contributed by atoms with van der Waals surface area (Å²) < 4.78 is 6.43. The first-order valence-electron chi connectivity index (χ1n) is 6.67. The molecule has 2 rings (SSSR count). The van der Waals surface area contributed by atoms with Crippen LogP contribution in [0.1, 0.15) is 13.2 Å². The number of nitrogens with two attached hydrogens (primary N) is 1. The van der Waals surface area contributed by atoms with Crippen LogP contribution in [0.4, 0.5) is 0 Å². The highest BCUT2D eigenvalue weighted by atomic mass is 16.5. The van der Waals surface area contributed by atoms with E-state index in [0.717, 1.165) is 10.6 Å².